The number of hydrogen-bond acceptors (Lipinski definition) is 8. The highest BCUT2D eigenvalue weighted by Gasteiger charge is 2.48. The molecular weight excluding hydrogens is 610 g/mol. The Balaban J connectivity index is 0.853. The lowest BCUT2D eigenvalue weighted by Crippen LogP contribution is -2.65. The Labute approximate surface area is 283 Å². The first-order chi connectivity index (χ1) is 23.4. The number of aliphatic hydroxyl groups excluding tert-OH is 1. The average molecular weight is 665 g/mol. The molecule has 0 amide bonds. The maximum absolute atomic E-state index is 12.0. The molecule has 3 aromatic rings. The Bertz CT molecular complexity index is 1500. The van der Waals surface area contributed by atoms with E-state index in [4.69, 9.17) is 14.2 Å². The van der Waals surface area contributed by atoms with Gasteiger partial charge in [-0.15, -0.1) is 0 Å². The van der Waals surface area contributed by atoms with E-state index in [1.807, 2.05) is 18.2 Å². The molecule has 10 heteroatoms. The normalized spacial score (nSPS) is 24.6. The molecule has 0 radical (unpaired) electrons. The fourth-order valence-corrected chi connectivity index (χ4v) is 8.29. The summed E-state index contributed by atoms with van der Waals surface area (Å²) >= 11 is 0. The molecule has 262 valence electrons. The first-order valence-corrected chi connectivity index (χ1v) is 18.0. The number of rotatable bonds is 18. The van der Waals surface area contributed by atoms with Crippen molar-refractivity contribution in [3.05, 3.63) is 76.1 Å². The number of aromatic hydroxyl groups is 1. The minimum absolute atomic E-state index is 0.0224. The summed E-state index contributed by atoms with van der Waals surface area (Å²) in [4.78, 5) is 14.3. The summed E-state index contributed by atoms with van der Waals surface area (Å²) in [5.41, 5.74) is 0.748. The number of quaternary nitrogens is 1. The van der Waals surface area contributed by atoms with Crippen LogP contribution in [-0.2, 0) is 19.8 Å². The highest BCUT2D eigenvalue weighted by Crippen LogP contribution is 2.42. The van der Waals surface area contributed by atoms with Crippen molar-refractivity contribution >= 4 is 10.9 Å². The molecule has 3 saturated heterocycles. The van der Waals surface area contributed by atoms with Crippen molar-refractivity contribution in [1.82, 2.24) is 10.3 Å². The number of benzene rings is 2. The van der Waals surface area contributed by atoms with Crippen LogP contribution in [0.15, 0.2) is 59.4 Å². The number of nitrogens with zero attached hydrogens (tertiary/aromatic N) is 1. The van der Waals surface area contributed by atoms with Crippen LogP contribution in [0.3, 0.4) is 0 Å². The molecular formula is C38H54N3O7+. The van der Waals surface area contributed by atoms with Crippen molar-refractivity contribution in [2.24, 2.45) is 11.8 Å². The van der Waals surface area contributed by atoms with Crippen molar-refractivity contribution < 1.29 is 34.0 Å². The maximum atomic E-state index is 12.0. The predicted octanol–water partition coefficient (Wildman–Crippen LogP) is 3.98. The summed E-state index contributed by atoms with van der Waals surface area (Å²) in [7, 11) is 0. The van der Waals surface area contributed by atoms with Gasteiger partial charge in [0.05, 0.1) is 44.5 Å². The van der Waals surface area contributed by atoms with Crippen molar-refractivity contribution in [3.8, 4) is 5.75 Å². The Morgan fingerprint density at radius 3 is 2.46 bits per heavy atom. The summed E-state index contributed by atoms with van der Waals surface area (Å²) in [5.74, 6) is 0.827. The Morgan fingerprint density at radius 1 is 0.938 bits per heavy atom. The van der Waals surface area contributed by atoms with Crippen molar-refractivity contribution in [3.63, 3.8) is 0 Å². The topological polar surface area (TPSA) is 133 Å². The van der Waals surface area contributed by atoms with E-state index < -0.39 is 11.7 Å². The van der Waals surface area contributed by atoms with E-state index in [0.717, 1.165) is 49.0 Å². The third-order valence-corrected chi connectivity index (χ3v) is 11.2. The van der Waals surface area contributed by atoms with Crippen LogP contribution in [0, 0.1) is 11.8 Å². The van der Waals surface area contributed by atoms with Crippen LogP contribution in [0.25, 0.3) is 10.9 Å². The zero-order chi connectivity index (χ0) is 33.4. The molecule has 0 spiro atoms. The van der Waals surface area contributed by atoms with E-state index >= 15 is 0 Å². The molecule has 3 aliphatic heterocycles. The summed E-state index contributed by atoms with van der Waals surface area (Å²) in [6.07, 6.45) is 7.11. The minimum atomic E-state index is -0.913. The number of piperidine rings is 3. The second kappa shape index (κ2) is 16.3. The van der Waals surface area contributed by atoms with Crippen LogP contribution < -0.4 is 10.9 Å². The Morgan fingerprint density at radius 2 is 1.69 bits per heavy atom. The van der Waals surface area contributed by atoms with Gasteiger partial charge in [0.15, 0.2) is 0 Å². The summed E-state index contributed by atoms with van der Waals surface area (Å²) in [6.45, 7) is 8.22. The average Bonchev–Trinajstić information content (AvgIpc) is 3.67. The van der Waals surface area contributed by atoms with Gasteiger partial charge in [-0.2, -0.15) is 0 Å². The van der Waals surface area contributed by atoms with Gasteiger partial charge in [0.25, 0.3) is 0 Å². The van der Waals surface area contributed by atoms with Crippen LogP contribution in [0.1, 0.15) is 62.2 Å². The molecule has 1 aromatic heterocycles. The molecule has 10 nitrogen and oxygen atoms in total. The maximum Gasteiger partial charge on any atom is 0.248 e. The molecule has 1 aliphatic carbocycles. The number of H-pyrrole nitrogens is 1. The molecule has 48 heavy (non-hydrogen) atoms. The number of aliphatic hydroxyl groups is 2. The molecule has 2 aromatic carbocycles. The van der Waals surface area contributed by atoms with Gasteiger partial charge in [-0.3, -0.25) is 4.79 Å². The largest absolute Gasteiger partial charge is 0.506 e. The van der Waals surface area contributed by atoms with Gasteiger partial charge >= 0.3 is 0 Å². The molecule has 5 N–H and O–H groups in total. The van der Waals surface area contributed by atoms with Gasteiger partial charge in [0.1, 0.15) is 30.5 Å². The fourth-order valence-electron chi connectivity index (χ4n) is 8.29. The molecule has 1 saturated carbocycles. The molecule has 7 rings (SSSR count). The number of aromatic nitrogens is 1. The van der Waals surface area contributed by atoms with Crippen LogP contribution >= 0.6 is 0 Å². The first kappa shape index (κ1) is 35.0. The highest BCUT2D eigenvalue weighted by atomic mass is 16.5. The second-order valence-corrected chi connectivity index (χ2v) is 14.2. The standard InChI is InChI=1S/C38H53N3O7/c42-33-13-11-31(32-12-14-36(44)40-37(32)33)34(43)25-39-17-23-46-21-6-22-47-24-20-41-18-15-28(16-19-41)35(26-41)48-27-38(45,30-9-4-5-10-30)29-7-2-1-3-8-29/h1-3,7-8,11-14,28,30,34-35,39,43,45H,4-6,9-10,15-27H2,(H-,40,42,44)/p+1/t28?,34-,35-,38?,41?/m0/s1. The number of hydrogen-bond donors (Lipinski definition) is 5. The number of pyridine rings is 1. The monoisotopic (exact) mass is 664 g/mol. The van der Waals surface area contributed by atoms with E-state index in [-0.39, 0.29) is 23.3 Å². The number of fused-ring (bicyclic) bond motifs is 4. The van der Waals surface area contributed by atoms with Crippen LogP contribution in [0.4, 0.5) is 0 Å². The fraction of sp³-hybridized carbons (Fsp3) is 0.605. The van der Waals surface area contributed by atoms with E-state index in [1.165, 1.54) is 50.9 Å². The summed E-state index contributed by atoms with van der Waals surface area (Å²) in [5, 5.41) is 36.5. The van der Waals surface area contributed by atoms with Gasteiger partial charge in [0.2, 0.25) is 5.56 Å². The first-order valence-electron chi connectivity index (χ1n) is 18.0. The van der Waals surface area contributed by atoms with Gasteiger partial charge in [-0.05, 0) is 48.4 Å². The van der Waals surface area contributed by atoms with Crippen LogP contribution in [-0.4, -0.2) is 103 Å². The van der Waals surface area contributed by atoms with Crippen LogP contribution in [0.2, 0.25) is 0 Å². The predicted molar refractivity (Wildman–Crippen MR) is 185 cm³/mol. The summed E-state index contributed by atoms with van der Waals surface area (Å²) < 4.78 is 19.5. The summed E-state index contributed by atoms with van der Waals surface area (Å²) in [6, 6.07) is 16.3. The highest BCUT2D eigenvalue weighted by molar-refractivity contribution is 5.87. The lowest BCUT2D eigenvalue weighted by Gasteiger charge is -2.52. The van der Waals surface area contributed by atoms with E-state index in [2.05, 4.69) is 22.4 Å². The number of phenols is 1. The zero-order valence-electron chi connectivity index (χ0n) is 28.2. The van der Waals surface area contributed by atoms with Gasteiger partial charge in [-0.25, -0.2) is 0 Å². The SMILES string of the molecule is O=c1ccc2c([C@@H](O)CNCCOCCCOCC[N+]34CCC(CC3)[C@@H](OCC(O)(c3ccccc3)C3CCCC3)C4)ccc(O)c2[nH]1. The number of nitrogens with one attached hydrogen (secondary N) is 2. The molecule has 2 bridgehead atoms. The Hall–Kier alpha value is -2.83. The number of phenolic OH excluding ortho intramolecular Hbond substituents is 1. The van der Waals surface area contributed by atoms with Gasteiger partial charge < -0.3 is 44.3 Å². The molecule has 3 atom stereocenters. The molecule has 4 aliphatic rings. The quantitative estimate of drug-likeness (QED) is 0.102. The third-order valence-electron chi connectivity index (χ3n) is 11.2. The number of aromatic amines is 1. The molecule has 4 heterocycles. The van der Waals surface area contributed by atoms with Gasteiger partial charge in [0, 0.05) is 56.5 Å². The Kier molecular flexibility index (Phi) is 11.9. The van der Waals surface area contributed by atoms with Crippen LogP contribution in [0.5, 0.6) is 5.75 Å². The van der Waals surface area contributed by atoms with Crippen molar-refractivity contribution in [2.75, 3.05) is 72.3 Å². The van der Waals surface area contributed by atoms with Crippen molar-refractivity contribution in [1.29, 1.82) is 0 Å². The van der Waals surface area contributed by atoms with E-state index in [1.54, 1.807) is 12.1 Å². The third kappa shape index (κ3) is 8.30. The molecule has 1 unspecified atom stereocenters. The molecule has 4 fully saturated rings. The van der Waals surface area contributed by atoms with E-state index in [9.17, 15) is 20.1 Å². The minimum Gasteiger partial charge on any atom is -0.506 e. The zero-order valence-corrected chi connectivity index (χ0v) is 28.2. The smallest absolute Gasteiger partial charge is 0.248 e. The van der Waals surface area contributed by atoms with Crippen molar-refractivity contribution in [2.45, 2.75) is 62.8 Å². The second-order valence-electron chi connectivity index (χ2n) is 14.2. The van der Waals surface area contributed by atoms with E-state index in [0.29, 0.717) is 61.9 Å². The number of ether oxygens (including phenoxy) is 3. The lowest BCUT2D eigenvalue weighted by molar-refractivity contribution is -0.946. The van der Waals surface area contributed by atoms with Gasteiger partial charge in [-0.1, -0.05) is 49.2 Å². The lowest BCUT2D eigenvalue weighted by atomic mass is 9.80.